The van der Waals surface area contributed by atoms with Gasteiger partial charge in [0.05, 0.1) is 0 Å². The van der Waals surface area contributed by atoms with E-state index in [0.29, 0.717) is 0 Å². The van der Waals surface area contributed by atoms with Gasteiger partial charge in [0.25, 0.3) is 0 Å². The van der Waals surface area contributed by atoms with Crippen LogP contribution in [0.2, 0.25) is 0 Å². The van der Waals surface area contributed by atoms with E-state index in [0.717, 1.165) is 6.08 Å². The summed E-state index contributed by atoms with van der Waals surface area (Å²) in [5.74, 6) is -0.881. The first-order valence-electron chi connectivity index (χ1n) is 3.12. The maximum Gasteiger partial charge on any atom is 0.313 e. The molecule has 0 heterocycles. The highest BCUT2D eigenvalue weighted by atomic mass is 16.5. The van der Waals surface area contributed by atoms with Crippen molar-refractivity contribution in [2.75, 3.05) is 6.61 Å². The molecule has 0 aliphatic rings. The third-order valence-electron chi connectivity index (χ3n) is 0.908. The number of ether oxygens (including phenoxy) is 1. The van der Waals surface area contributed by atoms with E-state index in [-0.39, 0.29) is 18.8 Å². The van der Waals surface area contributed by atoms with Gasteiger partial charge in [-0.15, -0.1) is 0 Å². The number of ketones is 1. The molecular weight excluding hydrogens is 144 g/mol. The topological polar surface area (TPSA) is 43.4 Å². The fourth-order valence-corrected chi connectivity index (χ4v) is 0.417. The monoisotopic (exact) mass is 154 g/mol. The summed E-state index contributed by atoms with van der Waals surface area (Å²) in [7, 11) is 0. The van der Waals surface area contributed by atoms with Crippen LogP contribution in [0.25, 0.3) is 0 Å². The highest BCUT2D eigenvalue weighted by molar-refractivity contribution is 6.01. The Balaban J connectivity index is 3.60. The number of hydrogen-bond acceptors (Lipinski definition) is 3. The molecule has 0 aliphatic heterocycles. The van der Waals surface area contributed by atoms with Crippen molar-refractivity contribution in [3.63, 3.8) is 0 Å². The number of carbonyl (C=O) groups is 2. The van der Waals surface area contributed by atoms with Gasteiger partial charge in [-0.2, -0.15) is 0 Å². The molecule has 0 fully saturated rings. The third kappa shape index (κ3) is 5.08. The fraction of sp³-hybridized carbons (Fsp3) is 0.250. The van der Waals surface area contributed by atoms with Crippen molar-refractivity contribution in [3.8, 4) is 0 Å². The lowest BCUT2D eigenvalue weighted by Gasteiger charge is -1.97. The molecule has 0 aromatic heterocycles. The van der Waals surface area contributed by atoms with Crippen molar-refractivity contribution in [1.29, 1.82) is 0 Å². The van der Waals surface area contributed by atoms with E-state index in [1.807, 2.05) is 0 Å². The number of hydrogen-bond donors (Lipinski definition) is 0. The van der Waals surface area contributed by atoms with Gasteiger partial charge in [-0.25, -0.2) is 0 Å². The highest BCUT2D eigenvalue weighted by Gasteiger charge is 2.05. The Morgan fingerprint density at radius 2 is 2.00 bits per heavy atom. The molecule has 0 saturated heterocycles. The lowest BCUT2D eigenvalue weighted by molar-refractivity contribution is -0.144. The number of carbonyl (C=O) groups excluding carboxylic acids is 2. The summed E-state index contributed by atoms with van der Waals surface area (Å²) in [6, 6.07) is 0. The molecule has 0 unspecified atom stereocenters. The van der Waals surface area contributed by atoms with Gasteiger partial charge in [-0.3, -0.25) is 9.59 Å². The van der Waals surface area contributed by atoms with E-state index in [1.54, 1.807) is 0 Å². The van der Waals surface area contributed by atoms with Crippen LogP contribution in [0, 0.1) is 0 Å². The molecule has 0 rings (SSSR count). The van der Waals surface area contributed by atoms with Crippen LogP contribution in [-0.4, -0.2) is 18.4 Å². The maximum absolute atomic E-state index is 10.6. The lowest BCUT2D eigenvalue weighted by atomic mass is 10.3. The molecule has 3 nitrogen and oxygen atoms in total. The second kappa shape index (κ2) is 5.41. The van der Waals surface area contributed by atoms with Crippen LogP contribution in [0.15, 0.2) is 25.3 Å². The van der Waals surface area contributed by atoms with Crippen LogP contribution in [0.3, 0.4) is 0 Å². The minimum Gasteiger partial charge on any atom is -0.461 e. The van der Waals surface area contributed by atoms with Crippen molar-refractivity contribution in [2.45, 2.75) is 6.42 Å². The van der Waals surface area contributed by atoms with Crippen LogP contribution >= 0.6 is 0 Å². The summed E-state index contributed by atoms with van der Waals surface area (Å²) >= 11 is 0. The van der Waals surface area contributed by atoms with Gasteiger partial charge in [-0.1, -0.05) is 19.2 Å². The van der Waals surface area contributed by atoms with Crippen molar-refractivity contribution in [3.05, 3.63) is 25.3 Å². The SMILES string of the molecule is C=CCOC(=O)CC(=O)C=C. The zero-order valence-electron chi connectivity index (χ0n) is 6.21. The fourth-order valence-electron chi connectivity index (χ4n) is 0.417. The Bertz CT molecular complexity index is 182. The zero-order chi connectivity index (χ0) is 8.69. The maximum atomic E-state index is 10.6. The molecule has 0 spiro atoms. The molecule has 0 amide bonds. The molecule has 0 aromatic rings. The Morgan fingerprint density at radius 3 is 2.45 bits per heavy atom. The Kier molecular flexibility index (Phi) is 4.73. The highest BCUT2D eigenvalue weighted by Crippen LogP contribution is 1.89. The quantitative estimate of drug-likeness (QED) is 0.255. The standard InChI is InChI=1S/C8H10O3/c1-3-5-11-8(10)6-7(9)4-2/h3-4H,1-2,5-6H2. The van der Waals surface area contributed by atoms with E-state index in [1.165, 1.54) is 6.08 Å². The van der Waals surface area contributed by atoms with E-state index in [2.05, 4.69) is 17.9 Å². The van der Waals surface area contributed by atoms with Crippen molar-refractivity contribution >= 4 is 11.8 Å². The molecule has 0 aliphatic carbocycles. The predicted octanol–water partition coefficient (Wildman–Crippen LogP) is 0.861. The van der Waals surface area contributed by atoms with Gasteiger partial charge in [0, 0.05) is 0 Å². The molecule has 0 radical (unpaired) electrons. The van der Waals surface area contributed by atoms with Crippen LogP contribution in [-0.2, 0) is 14.3 Å². The average molecular weight is 154 g/mol. The molecule has 0 N–H and O–H groups in total. The number of rotatable bonds is 5. The summed E-state index contributed by atoms with van der Waals surface area (Å²) in [6.07, 6.45) is 2.29. The Morgan fingerprint density at radius 1 is 1.36 bits per heavy atom. The van der Waals surface area contributed by atoms with Gasteiger partial charge >= 0.3 is 5.97 Å². The van der Waals surface area contributed by atoms with Crippen LogP contribution < -0.4 is 0 Å². The van der Waals surface area contributed by atoms with Gasteiger partial charge in [-0.05, 0) is 6.08 Å². The van der Waals surface area contributed by atoms with Crippen LogP contribution in [0.5, 0.6) is 0 Å². The molecule has 0 saturated carbocycles. The molecular formula is C8H10O3. The van der Waals surface area contributed by atoms with E-state index in [4.69, 9.17) is 0 Å². The summed E-state index contributed by atoms with van der Waals surface area (Å²) in [4.78, 5) is 21.2. The lowest BCUT2D eigenvalue weighted by Crippen LogP contribution is -2.09. The first-order valence-corrected chi connectivity index (χ1v) is 3.12. The largest absolute Gasteiger partial charge is 0.461 e. The zero-order valence-corrected chi connectivity index (χ0v) is 6.21. The van der Waals surface area contributed by atoms with E-state index >= 15 is 0 Å². The predicted molar refractivity (Wildman–Crippen MR) is 41.0 cm³/mol. The van der Waals surface area contributed by atoms with Crippen LogP contribution in [0.4, 0.5) is 0 Å². The first-order chi connectivity index (χ1) is 5.20. The third-order valence-corrected chi connectivity index (χ3v) is 0.908. The molecule has 0 atom stereocenters. The summed E-state index contributed by atoms with van der Waals surface area (Å²) in [5, 5.41) is 0. The van der Waals surface area contributed by atoms with Crippen LogP contribution in [0.1, 0.15) is 6.42 Å². The second-order valence-electron chi connectivity index (χ2n) is 1.82. The Hall–Kier alpha value is -1.38. The smallest absolute Gasteiger partial charge is 0.313 e. The van der Waals surface area contributed by atoms with E-state index < -0.39 is 5.97 Å². The molecule has 0 aromatic carbocycles. The summed E-state index contributed by atoms with van der Waals surface area (Å²) in [5.41, 5.74) is 0. The average Bonchev–Trinajstić information content (AvgIpc) is 2.00. The van der Waals surface area contributed by atoms with Gasteiger partial charge in [0.1, 0.15) is 13.0 Å². The number of allylic oxidation sites excluding steroid dienone is 1. The van der Waals surface area contributed by atoms with Crippen molar-refractivity contribution in [2.24, 2.45) is 0 Å². The van der Waals surface area contributed by atoms with Crippen molar-refractivity contribution < 1.29 is 14.3 Å². The second-order valence-corrected chi connectivity index (χ2v) is 1.82. The Labute approximate surface area is 65.4 Å². The van der Waals surface area contributed by atoms with Gasteiger partial charge in [0.2, 0.25) is 0 Å². The van der Waals surface area contributed by atoms with Gasteiger partial charge in [0.15, 0.2) is 5.78 Å². The minimum absolute atomic E-state index is 0.142. The van der Waals surface area contributed by atoms with E-state index in [9.17, 15) is 9.59 Å². The number of esters is 1. The molecule has 60 valence electrons. The molecule has 3 heteroatoms. The molecule has 0 bridgehead atoms. The minimum atomic E-state index is -0.546. The summed E-state index contributed by atoms with van der Waals surface area (Å²) < 4.78 is 4.54. The van der Waals surface area contributed by atoms with Gasteiger partial charge < -0.3 is 4.74 Å². The van der Waals surface area contributed by atoms with Crippen molar-refractivity contribution in [1.82, 2.24) is 0 Å². The molecule has 11 heavy (non-hydrogen) atoms. The normalized spacial score (nSPS) is 8.36. The first kappa shape index (κ1) is 9.62. The summed E-state index contributed by atoms with van der Waals surface area (Å²) in [6.45, 7) is 6.71.